The molecule has 2 saturated heterocycles. The Morgan fingerprint density at radius 3 is 2.73 bits per heavy atom. The molecule has 3 rings (SSSR count). The number of aryl methyl sites for hydroxylation is 1. The Bertz CT molecular complexity index is 568. The molecule has 118 valence electrons. The van der Waals surface area contributed by atoms with Gasteiger partial charge in [-0.25, -0.2) is 4.98 Å². The average molecular weight is 303 g/mol. The van der Waals surface area contributed by atoms with Crippen molar-refractivity contribution < 1.29 is 14.3 Å². The summed E-state index contributed by atoms with van der Waals surface area (Å²) in [4.78, 5) is 30.4. The maximum Gasteiger partial charge on any atom is 0.323 e. The van der Waals surface area contributed by atoms with Crippen molar-refractivity contribution in [1.82, 2.24) is 9.88 Å². The third-order valence-corrected chi connectivity index (χ3v) is 4.39. The van der Waals surface area contributed by atoms with E-state index in [9.17, 15) is 9.59 Å². The van der Waals surface area contributed by atoms with Gasteiger partial charge in [-0.15, -0.1) is 0 Å². The van der Waals surface area contributed by atoms with Gasteiger partial charge in [0, 0.05) is 18.0 Å². The molecule has 0 spiro atoms. The number of nitrogens with one attached hydrogen (secondary N) is 1. The summed E-state index contributed by atoms with van der Waals surface area (Å²) in [6, 6.07) is 5.47. The van der Waals surface area contributed by atoms with Gasteiger partial charge in [0.05, 0.1) is 6.61 Å². The summed E-state index contributed by atoms with van der Waals surface area (Å²) in [7, 11) is 0. The van der Waals surface area contributed by atoms with Gasteiger partial charge >= 0.3 is 5.97 Å². The molecule has 0 saturated carbocycles. The number of likely N-dealkylation sites (tertiary alicyclic amines) is 1. The first kappa shape index (κ1) is 15.0. The van der Waals surface area contributed by atoms with Crippen LogP contribution in [0.5, 0.6) is 0 Å². The van der Waals surface area contributed by atoms with Crippen molar-refractivity contribution in [2.75, 3.05) is 25.0 Å². The van der Waals surface area contributed by atoms with E-state index < -0.39 is 0 Å². The van der Waals surface area contributed by atoms with E-state index in [2.05, 4.69) is 15.2 Å². The number of cyclic esters (lactones) is 1. The number of amides is 1. The second-order valence-corrected chi connectivity index (χ2v) is 5.94. The number of rotatable bonds is 3. The molecule has 0 radical (unpaired) electrons. The summed E-state index contributed by atoms with van der Waals surface area (Å²) < 4.78 is 5.02. The monoisotopic (exact) mass is 303 g/mol. The lowest BCUT2D eigenvalue weighted by molar-refractivity contribution is -0.142. The molecule has 0 unspecified atom stereocenters. The van der Waals surface area contributed by atoms with Crippen LogP contribution in [-0.2, 0) is 14.3 Å². The van der Waals surface area contributed by atoms with Crippen LogP contribution in [0, 0.1) is 12.8 Å². The fourth-order valence-electron chi connectivity index (χ4n) is 3.13. The standard InChI is InChI=1S/C16H21N3O3/c1-11-3-2-4-14(17-11)18-15(20)12-5-8-19(9-6-12)13-7-10-22-16(13)21/h2-4,12-13H,5-10H2,1H3,(H,17,18,20)/t13-/m0/s1. The summed E-state index contributed by atoms with van der Waals surface area (Å²) in [5, 5.41) is 2.89. The highest BCUT2D eigenvalue weighted by molar-refractivity contribution is 5.91. The summed E-state index contributed by atoms with van der Waals surface area (Å²) in [5.74, 6) is 0.487. The first-order valence-corrected chi connectivity index (χ1v) is 7.79. The number of pyridine rings is 1. The summed E-state index contributed by atoms with van der Waals surface area (Å²) in [6.07, 6.45) is 2.30. The number of carbonyl (C=O) groups is 2. The van der Waals surface area contributed by atoms with Gasteiger partial charge in [-0.05, 0) is 45.0 Å². The Morgan fingerprint density at radius 1 is 1.32 bits per heavy atom. The van der Waals surface area contributed by atoms with E-state index in [0.717, 1.165) is 38.0 Å². The molecule has 1 amide bonds. The van der Waals surface area contributed by atoms with Gasteiger partial charge in [-0.3, -0.25) is 14.5 Å². The van der Waals surface area contributed by atoms with Gasteiger partial charge in [0.1, 0.15) is 11.9 Å². The van der Waals surface area contributed by atoms with Crippen molar-refractivity contribution in [3.05, 3.63) is 23.9 Å². The predicted octanol–water partition coefficient (Wildman–Crippen LogP) is 1.36. The molecular weight excluding hydrogens is 282 g/mol. The third kappa shape index (κ3) is 3.27. The van der Waals surface area contributed by atoms with E-state index in [1.54, 1.807) is 6.07 Å². The number of aromatic nitrogens is 1. The molecule has 22 heavy (non-hydrogen) atoms. The van der Waals surface area contributed by atoms with Gasteiger partial charge in [0.2, 0.25) is 5.91 Å². The molecule has 0 aliphatic carbocycles. The molecule has 6 heteroatoms. The fraction of sp³-hybridized carbons (Fsp3) is 0.562. The fourth-order valence-corrected chi connectivity index (χ4v) is 3.13. The van der Waals surface area contributed by atoms with Crippen molar-refractivity contribution in [2.45, 2.75) is 32.2 Å². The Morgan fingerprint density at radius 2 is 2.09 bits per heavy atom. The van der Waals surface area contributed by atoms with Crippen molar-refractivity contribution in [3.8, 4) is 0 Å². The molecule has 1 atom stereocenters. The van der Waals surface area contributed by atoms with Gasteiger partial charge < -0.3 is 10.1 Å². The third-order valence-electron chi connectivity index (χ3n) is 4.39. The van der Waals surface area contributed by atoms with E-state index in [-0.39, 0.29) is 23.8 Å². The molecule has 1 N–H and O–H groups in total. The number of hydrogen-bond acceptors (Lipinski definition) is 5. The molecule has 1 aromatic rings. The second kappa shape index (κ2) is 6.44. The first-order chi connectivity index (χ1) is 10.6. The summed E-state index contributed by atoms with van der Waals surface area (Å²) >= 11 is 0. The molecule has 2 fully saturated rings. The van der Waals surface area contributed by atoms with Crippen molar-refractivity contribution in [3.63, 3.8) is 0 Å². The number of hydrogen-bond donors (Lipinski definition) is 1. The lowest BCUT2D eigenvalue weighted by atomic mass is 9.94. The van der Waals surface area contributed by atoms with Gasteiger partial charge in [-0.2, -0.15) is 0 Å². The SMILES string of the molecule is Cc1cccc(NC(=O)C2CCN([C@H]3CCOC3=O)CC2)n1. The highest BCUT2D eigenvalue weighted by Gasteiger charge is 2.35. The van der Waals surface area contributed by atoms with E-state index in [1.165, 1.54) is 0 Å². The highest BCUT2D eigenvalue weighted by atomic mass is 16.5. The smallest absolute Gasteiger partial charge is 0.323 e. The van der Waals surface area contributed by atoms with Crippen LogP contribution < -0.4 is 5.32 Å². The maximum absolute atomic E-state index is 12.3. The summed E-state index contributed by atoms with van der Waals surface area (Å²) in [5.41, 5.74) is 0.882. The molecule has 3 heterocycles. The molecule has 2 aliphatic rings. The molecule has 1 aromatic heterocycles. The number of anilines is 1. The Labute approximate surface area is 129 Å². The quantitative estimate of drug-likeness (QED) is 0.854. The second-order valence-electron chi connectivity index (χ2n) is 5.94. The Hall–Kier alpha value is -1.95. The average Bonchev–Trinajstić information content (AvgIpc) is 2.93. The molecule has 0 aromatic carbocycles. The minimum atomic E-state index is -0.119. The van der Waals surface area contributed by atoms with Crippen LogP contribution in [-0.4, -0.2) is 47.5 Å². The molecule has 6 nitrogen and oxygen atoms in total. The molecular formula is C16H21N3O3. The zero-order valence-corrected chi connectivity index (χ0v) is 12.7. The lowest BCUT2D eigenvalue weighted by Crippen LogP contribution is -2.45. The maximum atomic E-state index is 12.3. The van der Waals surface area contributed by atoms with Crippen LogP contribution in [0.25, 0.3) is 0 Å². The number of ether oxygens (including phenoxy) is 1. The van der Waals surface area contributed by atoms with Crippen molar-refractivity contribution >= 4 is 17.7 Å². The van der Waals surface area contributed by atoms with Gasteiger partial charge in [0.25, 0.3) is 0 Å². The van der Waals surface area contributed by atoms with E-state index in [1.807, 2.05) is 19.1 Å². The minimum absolute atomic E-state index is 0.0176. The minimum Gasteiger partial charge on any atom is -0.464 e. The summed E-state index contributed by atoms with van der Waals surface area (Å²) in [6.45, 7) is 3.94. The number of piperidine rings is 1. The van der Waals surface area contributed by atoms with Crippen LogP contribution >= 0.6 is 0 Å². The van der Waals surface area contributed by atoms with Crippen LogP contribution in [0.15, 0.2) is 18.2 Å². The highest BCUT2D eigenvalue weighted by Crippen LogP contribution is 2.24. The lowest BCUT2D eigenvalue weighted by Gasteiger charge is -2.33. The zero-order chi connectivity index (χ0) is 15.5. The number of nitrogens with zero attached hydrogens (tertiary/aromatic N) is 2. The number of carbonyl (C=O) groups excluding carboxylic acids is 2. The van der Waals surface area contributed by atoms with Crippen LogP contribution in [0.3, 0.4) is 0 Å². The van der Waals surface area contributed by atoms with Crippen molar-refractivity contribution in [2.24, 2.45) is 5.92 Å². The van der Waals surface area contributed by atoms with Crippen molar-refractivity contribution in [1.29, 1.82) is 0 Å². The largest absolute Gasteiger partial charge is 0.464 e. The number of esters is 1. The Kier molecular flexibility index (Phi) is 4.38. The Balaban J connectivity index is 1.52. The normalized spacial score (nSPS) is 23.3. The van der Waals surface area contributed by atoms with Gasteiger partial charge in [0.15, 0.2) is 0 Å². The molecule has 0 bridgehead atoms. The zero-order valence-electron chi connectivity index (χ0n) is 12.7. The predicted molar refractivity (Wildman–Crippen MR) is 81.3 cm³/mol. The van der Waals surface area contributed by atoms with Crippen LogP contribution in [0.1, 0.15) is 25.0 Å². The van der Waals surface area contributed by atoms with E-state index >= 15 is 0 Å². The topological polar surface area (TPSA) is 71.5 Å². The van der Waals surface area contributed by atoms with E-state index in [0.29, 0.717) is 12.4 Å². The van der Waals surface area contributed by atoms with Gasteiger partial charge in [-0.1, -0.05) is 6.07 Å². The molecule has 2 aliphatic heterocycles. The van der Waals surface area contributed by atoms with Crippen LogP contribution in [0.4, 0.5) is 5.82 Å². The van der Waals surface area contributed by atoms with E-state index in [4.69, 9.17) is 4.74 Å². The van der Waals surface area contributed by atoms with Crippen LogP contribution in [0.2, 0.25) is 0 Å². The first-order valence-electron chi connectivity index (χ1n) is 7.79.